The summed E-state index contributed by atoms with van der Waals surface area (Å²) in [4.78, 5) is 27.6. The van der Waals surface area contributed by atoms with Crippen molar-refractivity contribution in [1.82, 2.24) is 25.6 Å². The van der Waals surface area contributed by atoms with E-state index in [1.807, 2.05) is 37.3 Å². The summed E-state index contributed by atoms with van der Waals surface area (Å²) < 4.78 is 18.4. The maximum atomic E-state index is 13.9. The maximum absolute atomic E-state index is 13.9. The molecular formula is C31H35N5O5. The Kier molecular flexibility index (Phi) is 7.57. The van der Waals surface area contributed by atoms with E-state index in [4.69, 9.17) is 14.2 Å². The van der Waals surface area contributed by atoms with Crippen LogP contribution < -0.4 is 24.8 Å². The smallest absolute Gasteiger partial charge is 0.250 e. The van der Waals surface area contributed by atoms with Gasteiger partial charge in [-0.05, 0) is 48.6 Å². The molecule has 1 amide bonds. The first kappa shape index (κ1) is 27.9. The van der Waals surface area contributed by atoms with Gasteiger partial charge in [-0.15, -0.1) is 5.10 Å². The van der Waals surface area contributed by atoms with Gasteiger partial charge in [-0.3, -0.25) is 9.59 Å². The fourth-order valence-corrected chi connectivity index (χ4v) is 5.69. The highest BCUT2D eigenvalue weighted by Gasteiger charge is 2.43. The Hall–Kier alpha value is -4.60. The standard InChI is InChI=1S/C31H35N5O5/c1-18-26(30(38)32-16-20-17-36(35-34-20)21-10-8-7-9-11-21)27(28-22(33-18)14-31(2,3)15-23(28)37)19-12-24(39-4)29(41-6)25(13-19)40-5/h7-13,17,27,33H,14-16H2,1-6H3,(H,32,38). The van der Waals surface area contributed by atoms with Crippen LogP contribution in [0.4, 0.5) is 0 Å². The number of benzene rings is 2. The molecule has 0 saturated heterocycles. The van der Waals surface area contributed by atoms with E-state index in [-0.39, 0.29) is 23.7 Å². The van der Waals surface area contributed by atoms with Crippen molar-refractivity contribution in [3.63, 3.8) is 0 Å². The fraction of sp³-hybridized carbons (Fsp3) is 0.355. The lowest BCUT2D eigenvalue weighted by atomic mass is 9.68. The number of amides is 1. The second kappa shape index (κ2) is 11.1. The number of rotatable bonds is 8. The lowest BCUT2D eigenvalue weighted by molar-refractivity contribution is -0.118. The molecule has 2 heterocycles. The van der Waals surface area contributed by atoms with Crippen LogP contribution in [0.1, 0.15) is 50.8 Å². The largest absolute Gasteiger partial charge is 0.493 e. The number of ketones is 1. The summed E-state index contributed by atoms with van der Waals surface area (Å²) in [5.74, 6) is 0.384. The number of para-hydroxylation sites is 1. The molecule has 5 rings (SSSR count). The van der Waals surface area contributed by atoms with Crippen LogP contribution in [0, 0.1) is 5.41 Å². The van der Waals surface area contributed by atoms with E-state index in [2.05, 4.69) is 34.8 Å². The molecule has 0 spiro atoms. The summed E-state index contributed by atoms with van der Waals surface area (Å²) in [5, 5.41) is 14.8. The number of nitrogens with zero attached hydrogens (tertiary/aromatic N) is 3. The molecule has 1 atom stereocenters. The van der Waals surface area contributed by atoms with Crippen molar-refractivity contribution in [2.45, 2.75) is 46.1 Å². The van der Waals surface area contributed by atoms with Gasteiger partial charge in [-0.2, -0.15) is 0 Å². The van der Waals surface area contributed by atoms with Gasteiger partial charge >= 0.3 is 0 Å². The van der Waals surface area contributed by atoms with Crippen LogP contribution in [0.25, 0.3) is 5.69 Å². The van der Waals surface area contributed by atoms with E-state index in [1.54, 1.807) is 37.2 Å². The van der Waals surface area contributed by atoms with E-state index in [1.165, 1.54) is 7.11 Å². The van der Waals surface area contributed by atoms with E-state index in [0.717, 1.165) is 11.4 Å². The number of Topliss-reactive ketones (excluding diaryl/α,β-unsaturated/α-hetero) is 1. The van der Waals surface area contributed by atoms with Gasteiger partial charge in [-0.25, -0.2) is 4.68 Å². The van der Waals surface area contributed by atoms with Gasteiger partial charge in [0.2, 0.25) is 11.7 Å². The number of hydrogen-bond acceptors (Lipinski definition) is 8. The zero-order valence-electron chi connectivity index (χ0n) is 24.2. The van der Waals surface area contributed by atoms with Crippen molar-refractivity contribution in [2.24, 2.45) is 5.41 Å². The molecular weight excluding hydrogens is 522 g/mol. The third-order valence-electron chi connectivity index (χ3n) is 7.50. The molecule has 2 aromatic carbocycles. The van der Waals surface area contributed by atoms with E-state index >= 15 is 0 Å². The van der Waals surface area contributed by atoms with Crippen LogP contribution in [0.3, 0.4) is 0 Å². The summed E-state index contributed by atoms with van der Waals surface area (Å²) in [7, 11) is 4.62. The first-order valence-electron chi connectivity index (χ1n) is 13.4. The van der Waals surface area contributed by atoms with E-state index in [9.17, 15) is 9.59 Å². The molecule has 2 aliphatic rings. The maximum Gasteiger partial charge on any atom is 0.250 e. The Morgan fingerprint density at radius 3 is 2.39 bits per heavy atom. The Bertz CT molecular complexity index is 1530. The Labute approximate surface area is 239 Å². The van der Waals surface area contributed by atoms with Gasteiger partial charge in [0.15, 0.2) is 17.3 Å². The predicted octanol–water partition coefficient (Wildman–Crippen LogP) is 4.21. The number of carbonyl (C=O) groups excluding carboxylic acids is 2. The summed E-state index contributed by atoms with van der Waals surface area (Å²) >= 11 is 0. The second-order valence-corrected chi connectivity index (χ2v) is 11.1. The zero-order valence-corrected chi connectivity index (χ0v) is 24.2. The van der Waals surface area contributed by atoms with Crippen LogP contribution in [0.2, 0.25) is 0 Å². The molecule has 2 N–H and O–H groups in total. The van der Waals surface area contributed by atoms with Crippen molar-refractivity contribution in [1.29, 1.82) is 0 Å². The molecule has 0 bridgehead atoms. The summed E-state index contributed by atoms with van der Waals surface area (Å²) in [6, 6.07) is 13.2. The second-order valence-electron chi connectivity index (χ2n) is 11.1. The van der Waals surface area contributed by atoms with Crippen LogP contribution in [-0.2, 0) is 16.1 Å². The average molecular weight is 558 g/mol. The van der Waals surface area contributed by atoms with Gasteiger partial charge in [0.1, 0.15) is 5.69 Å². The average Bonchev–Trinajstić information content (AvgIpc) is 3.43. The van der Waals surface area contributed by atoms with E-state index in [0.29, 0.717) is 58.2 Å². The first-order valence-corrected chi connectivity index (χ1v) is 13.4. The number of nitrogens with one attached hydrogen (secondary N) is 2. The van der Waals surface area contributed by atoms with E-state index < -0.39 is 5.92 Å². The number of aromatic nitrogens is 3. The summed E-state index contributed by atoms with van der Waals surface area (Å²) in [6.45, 7) is 6.18. The lowest BCUT2D eigenvalue weighted by Crippen LogP contribution is -2.40. The molecule has 1 aromatic heterocycles. The number of allylic oxidation sites excluding steroid dienone is 3. The molecule has 3 aromatic rings. The SMILES string of the molecule is COc1cc(C2C(C(=O)NCc3cn(-c4ccccc4)nn3)=C(C)NC3=C2C(=O)CC(C)(C)C3)cc(OC)c1OC. The Morgan fingerprint density at radius 2 is 1.76 bits per heavy atom. The van der Waals surface area contributed by atoms with Gasteiger partial charge in [0.25, 0.3) is 0 Å². The van der Waals surface area contributed by atoms with Gasteiger partial charge in [0, 0.05) is 34.9 Å². The molecule has 0 fully saturated rings. The van der Waals surface area contributed by atoms with Crippen molar-refractivity contribution in [2.75, 3.05) is 21.3 Å². The number of dihydropyridines is 1. The Balaban J connectivity index is 1.52. The van der Waals surface area contributed by atoms with Crippen molar-refractivity contribution >= 4 is 11.7 Å². The molecule has 10 nitrogen and oxygen atoms in total. The van der Waals surface area contributed by atoms with Crippen molar-refractivity contribution in [3.8, 4) is 22.9 Å². The van der Waals surface area contributed by atoms with Crippen molar-refractivity contribution < 1.29 is 23.8 Å². The fourth-order valence-electron chi connectivity index (χ4n) is 5.69. The number of hydrogen-bond donors (Lipinski definition) is 2. The first-order chi connectivity index (χ1) is 19.7. The minimum absolute atomic E-state index is 0.00565. The summed E-state index contributed by atoms with van der Waals surface area (Å²) in [6.07, 6.45) is 2.84. The minimum Gasteiger partial charge on any atom is -0.493 e. The molecule has 0 radical (unpaired) electrons. The highest BCUT2D eigenvalue weighted by atomic mass is 16.5. The lowest BCUT2D eigenvalue weighted by Gasteiger charge is -2.39. The summed E-state index contributed by atoms with van der Waals surface area (Å²) in [5.41, 5.74) is 4.51. The topological polar surface area (TPSA) is 117 Å². The molecule has 1 aliphatic carbocycles. The van der Waals surface area contributed by atoms with Crippen LogP contribution in [-0.4, -0.2) is 48.0 Å². The predicted molar refractivity (Wildman–Crippen MR) is 153 cm³/mol. The third kappa shape index (κ3) is 5.41. The Morgan fingerprint density at radius 1 is 1.07 bits per heavy atom. The molecule has 41 heavy (non-hydrogen) atoms. The zero-order chi connectivity index (χ0) is 29.3. The minimum atomic E-state index is -0.636. The van der Waals surface area contributed by atoms with Gasteiger partial charge < -0.3 is 24.8 Å². The van der Waals surface area contributed by atoms with Crippen LogP contribution >= 0.6 is 0 Å². The number of ether oxygens (including phenoxy) is 3. The van der Waals surface area contributed by atoms with Gasteiger partial charge in [-0.1, -0.05) is 37.3 Å². The molecule has 214 valence electrons. The molecule has 0 saturated carbocycles. The molecule has 1 unspecified atom stereocenters. The van der Waals surface area contributed by atoms with Crippen LogP contribution in [0.5, 0.6) is 17.2 Å². The molecule has 10 heteroatoms. The van der Waals surface area contributed by atoms with Gasteiger partial charge in [0.05, 0.1) is 39.8 Å². The number of carbonyl (C=O) groups is 2. The highest BCUT2D eigenvalue weighted by molar-refractivity contribution is 6.05. The van der Waals surface area contributed by atoms with Crippen LogP contribution in [0.15, 0.2) is 71.2 Å². The normalized spacial score (nSPS) is 18.0. The highest BCUT2D eigenvalue weighted by Crippen LogP contribution is 2.49. The quantitative estimate of drug-likeness (QED) is 0.423. The monoisotopic (exact) mass is 557 g/mol. The molecule has 1 aliphatic heterocycles. The third-order valence-corrected chi connectivity index (χ3v) is 7.50. The van der Waals surface area contributed by atoms with Crippen molar-refractivity contribution in [3.05, 3.63) is 82.5 Å². The number of methoxy groups -OCH3 is 3.